The summed E-state index contributed by atoms with van der Waals surface area (Å²) < 4.78 is 63.2. The number of halogens is 3. The first-order valence-corrected chi connectivity index (χ1v) is 5.66. The van der Waals surface area contributed by atoms with Crippen LogP contribution in [0.2, 0.25) is 0 Å². The Morgan fingerprint density at radius 3 is 2.41 bits per heavy atom. The maximum absolute atomic E-state index is 12.2. The summed E-state index contributed by atoms with van der Waals surface area (Å²) in [6.45, 7) is 1.53. The lowest BCUT2D eigenvalue weighted by atomic mass is 10.4. The Balaban J connectivity index is 3.28. The highest BCUT2D eigenvalue weighted by Crippen LogP contribution is 2.30. The lowest BCUT2D eigenvalue weighted by Crippen LogP contribution is -2.24. The van der Waals surface area contributed by atoms with Crippen molar-refractivity contribution in [3.05, 3.63) is 28.6 Å². The molecule has 0 amide bonds. The van der Waals surface area contributed by atoms with Gasteiger partial charge in [-0.05, 0) is 19.1 Å². The predicted molar refractivity (Wildman–Crippen MR) is 52.0 cm³/mol. The average Bonchev–Trinajstić information content (AvgIpc) is 2.58. The van der Waals surface area contributed by atoms with Crippen LogP contribution in [0.15, 0.2) is 21.5 Å². The molecule has 92 valence electrons. The zero-order chi connectivity index (χ0) is 13.3. The molecule has 0 aliphatic rings. The van der Waals surface area contributed by atoms with E-state index in [0.717, 1.165) is 6.07 Å². The van der Waals surface area contributed by atoms with Crippen LogP contribution in [0.1, 0.15) is 11.5 Å². The summed E-state index contributed by atoms with van der Waals surface area (Å²) in [4.78, 5) is -1.40. The first kappa shape index (κ1) is 13.3. The molecule has 0 spiro atoms. The summed E-state index contributed by atoms with van der Waals surface area (Å²) in [6, 6.07) is 3.69. The Labute approximate surface area is 94.9 Å². The van der Waals surface area contributed by atoms with Gasteiger partial charge < -0.3 is 4.42 Å². The zero-order valence-corrected chi connectivity index (χ0v) is 9.26. The van der Waals surface area contributed by atoms with Crippen molar-refractivity contribution in [3.8, 4) is 6.07 Å². The predicted octanol–water partition coefficient (Wildman–Crippen LogP) is 2.39. The minimum atomic E-state index is -5.64. The number of rotatable bonds is 2. The van der Waals surface area contributed by atoms with E-state index in [0.29, 0.717) is 11.8 Å². The van der Waals surface area contributed by atoms with E-state index >= 15 is 0 Å². The topological polar surface area (TPSA) is 71.1 Å². The van der Waals surface area contributed by atoms with Crippen LogP contribution in [-0.4, -0.2) is 13.9 Å². The summed E-state index contributed by atoms with van der Waals surface area (Å²) >= 11 is 0. The smallest absolute Gasteiger partial charge is 0.462 e. The Kier molecular flexibility index (Phi) is 3.33. The fourth-order valence-electron chi connectivity index (χ4n) is 0.955. The van der Waals surface area contributed by atoms with Gasteiger partial charge in [0.05, 0.1) is 0 Å². The molecule has 1 aromatic heterocycles. The third kappa shape index (κ3) is 2.68. The minimum Gasteiger partial charge on any atom is -0.462 e. The van der Waals surface area contributed by atoms with Gasteiger partial charge in [0, 0.05) is 6.08 Å². The lowest BCUT2D eigenvalue weighted by Gasteiger charge is -2.05. The number of allylic oxidation sites excluding steroid dienone is 1. The maximum Gasteiger partial charge on any atom is 0.502 e. The van der Waals surface area contributed by atoms with E-state index in [4.69, 9.17) is 9.68 Å². The first-order valence-electron chi connectivity index (χ1n) is 4.18. The number of hydrogen-bond donors (Lipinski definition) is 0. The normalized spacial score (nSPS) is 13.5. The Hall–Kier alpha value is -1.75. The number of aryl methyl sites for hydroxylation is 1. The number of furan rings is 1. The molecule has 1 aromatic rings. The molecule has 0 saturated carbocycles. The van der Waals surface area contributed by atoms with Crippen LogP contribution < -0.4 is 0 Å². The molecule has 1 heterocycles. The Morgan fingerprint density at radius 1 is 1.47 bits per heavy atom. The van der Waals surface area contributed by atoms with Crippen molar-refractivity contribution in [2.75, 3.05) is 0 Å². The van der Waals surface area contributed by atoms with E-state index in [1.54, 1.807) is 0 Å². The van der Waals surface area contributed by atoms with E-state index in [1.807, 2.05) is 0 Å². The highest BCUT2D eigenvalue weighted by Gasteiger charge is 2.48. The Bertz CT molecular complexity index is 590. The van der Waals surface area contributed by atoms with Crippen LogP contribution in [0.4, 0.5) is 13.2 Å². The van der Waals surface area contributed by atoms with Crippen molar-refractivity contribution in [2.24, 2.45) is 0 Å². The van der Waals surface area contributed by atoms with E-state index < -0.39 is 20.3 Å². The Morgan fingerprint density at radius 2 is 2.06 bits per heavy atom. The van der Waals surface area contributed by atoms with Gasteiger partial charge in [-0.1, -0.05) is 0 Å². The molecular formula is C9H6F3NO3S. The number of sulfone groups is 1. The van der Waals surface area contributed by atoms with E-state index in [9.17, 15) is 21.6 Å². The summed E-state index contributed by atoms with van der Waals surface area (Å²) in [6.07, 6.45) is 0.538. The highest BCUT2D eigenvalue weighted by atomic mass is 32.2. The van der Waals surface area contributed by atoms with Crippen molar-refractivity contribution in [2.45, 2.75) is 12.4 Å². The van der Waals surface area contributed by atoms with Gasteiger partial charge >= 0.3 is 5.51 Å². The number of alkyl halides is 3. The molecule has 4 nitrogen and oxygen atoms in total. The minimum absolute atomic E-state index is 0.133. The standard InChI is InChI=1S/C9H6F3NO3S/c1-6-2-3-7(16-6)4-8(5-13)17(14,15)9(10,11)12/h2-4H,1H3. The molecule has 0 bridgehead atoms. The molecule has 0 N–H and O–H groups in total. The van der Waals surface area contributed by atoms with Gasteiger partial charge in [0.2, 0.25) is 0 Å². The zero-order valence-electron chi connectivity index (χ0n) is 8.45. The molecule has 0 fully saturated rings. The highest BCUT2D eigenvalue weighted by molar-refractivity contribution is 7.96. The van der Waals surface area contributed by atoms with Gasteiger partial charge in [0.25, 0.3) is 9.84 Å². The summed E-state index contributed by atoms with van der Waals surface area (Å²) in [5.41, 5.74) is -5.50. The number of hydrogen-bond acceptors (Lipinski definition) is 4. The van der Waals surface area contributed by atoms with Crippen LogP contribution in [0, 0.1) is 18.3 Å². The van der Waals surface area contributed by atoms with Gasteiger partial charge in [0.15, 0.2) is 4.91 Å². The van der Waals surface area contributed by atoms with Gasteiger partial charge in [-0.15, -0.1) is 0 Å². The third-order valence-corrected chi connectivity index (χ3v) is 3.14. The summed E-state index contributed by atoms with van der Waals surface area (Å²) in [5.74, 6) is 0.254. The van der Waals surface area contributed by atoms with E-state index in [-0.39, 0.29) is 5.76 Å². The molecule has 0 saturated heterocycles. The second kappa shape index (κ2) is 4.25. The van der Waals surface area contributed by atoms with E-state index in [2.05, 4.69) is 0 Å². The fraction of sp³-hybridized carbons (Fsp3) is 0.222. The van der Waals surface area contributed by atoms with E-state index in [1.165, 1.54) is 19.1 Å². The number of nitriles is 1. The molecule has 0 aliphatic carbocycles. The molecular weight excluding hydrogens is 259 g/mol. The molecule has 17 heavy (non-hydrogen) atoms. The average molecular weight is 265 g/mol. The summed E-state index contributed by atoms with van der Waals surface area (Å²) in [5, 5.41) is 8.45. The lowest BCUT2D eigenvalue weighted by molar-refractivity contribution is -0.0425. The van der Waals surface area contributed by atoms with Crippen LogP contribution in [0.5, 0.6) is 0 Å². The molecule has 0 atom stereocenters. The summed E-state index contributed by atoms with van der Waals surface area (Å²) in [7, 11) is -5.64. The SMILES string of the molecule is Cc1ccc(C=C(C#N)S(=O)(=O)C(F)(F)F)o1. The molecule has 0 radical (unpaired) electrons. The number of nitrogens with zero attached hydrogens (tertiary/aromatic N) is 1. The van der Waals surface area contributed by atoms with Gasteiger partial charge in [0.1, 0.15) is 17.6 Å². The van der Waals surface area contributed by atoms with Gasteiger partial charge in [-0.2, -0.15) is 18.4 Å². The molecule has 0 unspecified atom stereocenters. The van der Waals surface area contributed by atoms with Gasteiger partial charge in [-0.3, -0.25) is 0 Å². The molecule has 0 aliphatic heterocycles. The van der Waals surface area contributed by atoms with Crippen LogP contribution in [0.25, 0.3) is 6.08 Å². The first-order chi connectivity index (χ1) is 7.68. The maximum atomic E-state index is 12.2. The quantitative estimate of drug-likeness (QED) is 0.770. The van der Waals surface area contributed by atoms with Crippen LogP contribution >= 0.6 is 0 Å². The second-order valence-electron chi connectivity index (χ2n) is 3.02. The van der Waals surface area contributed by atoms with Crippen molar-refractivity contribution in [1.82, 2.24) is 0 Å². The second-order valence-corrected chi connectivity index (χ2v) is 4.93. The van der Waals surface area contributed by atoms with Crippen molar-refractivity contribution in [3.63, 3.8) is 0 Å². The monoisotopic (exact) mass is 265 g/mol. The van der Waals surface area contributed by atoms with Crippen LogP contribution in [-0.2, 0) is 9.84 Å². The van der Waals surface area contributed by atoms with Gasteiger partial charge in [-0.25, -0.2) is 8.42 Å². The van der Waals surface area contributed by atoms with Crippen LogP contribution in [0.3, 0.4) is 0 Å². The molecule has 1 rings (SSSR count). The van der Waals surface area contributed by atoms with Crippen molar-refractivity contribution in [1.29, 1.82) is 5.26 Å². The van der Waals surface area contributed by atoms with Crippen molar-refractivity contribution >= 4 is 15.9 Å². The third-order valence-electron chi connectivity index (χ3n) is 1.74. The molecule has 8 heteroatoms. The fourth-order valence-corrected chi connectivity index (χ4v) is 1.60. The molecule has 0 aromatic carbocycles. The largest absolute Gasteiger partial charge is 0.502 e. The van der Waals surface area contributed by atoms with Crippen molar-refractivity contribution < 1.29 is 26.0 Å².